The van der Waals surface area contributed by atoms with E-state index in [0.29, 0.717) is 18.3 Å². The Balaban J connectivity index is 1.74. The molecule has 3 rings (SSSR count). The molecule has 0 bridgehead atoms. The van der Waals surface area contributed by atoms with Crippen molar-refractivity contribution >= 4 is 15.9 Å². The molecule has 0 radical (unpaired) electrons. The molecule has 0 spiro atoms. The molecule has 4 nitrogen and oxygen atoms in total. The largest absolute Gasteiger partial charge is 0.339 e. The number of halogens is 1. The molecule has 2 heterocycles. The molecule has 1 N–H and O–H groups in total. The number of rotatable bonds is 3. The van der Waals surface area contributed by atoms with Gasteiger partial charge in [0.05, 0.1) is 5.92 Å². The molecule has 1 aromatic heterocycles. The first-order valence-electron chi connectivity index (χ1n) is 6.50. The normalized spacial score (nSPS) is 22.8. The van der Waals surface area contributed by atoms with Crippen LogP contribution in [0.5, 0.6) is 0 Å². The molecule has 100 valence electrons. The number of nitrogens with zero attached hydrogens (tertiary/aromatic N) is 2. The van der Waals surface area contributed by atoms with Gasteiger partial charge in [-0.25, -0.2) is 0 Å². The van der Waals surface area contributed by atoms with E-state index in [4.69, 9.17) is 4.52 Å². The average Bonchev–Trinajstić information content (AvgIpc) is 2.98. The van der Waals surface area contributed by atoms with E-state index in [1.165, 1.54) is 5.56 Å². The molecule has 1 aliphatic rings. The molecule has 1 aliphatic heterocycles. The summed E-state index contributed by atoms with van der Waals surface area (Å²) in [6.07, 6.45) is 0.706. The summed E-state index contributed by atoms with van der Waals surface area (Å²) < 4.78 is 6.48. The van der Waals surface area contributed by atoms with Crippen LogP contribution in [-0.2, 0) is 6.42 Å². The van der Waals surface area contributed by atoms with Gasteiger partial charge in [0.1, 0.15) is 0 Å². The van der Waals surface area contributed by atoms with Crippen molar-refractivity contribution < 1.29 is 4.52 Å². The Kier molecular flexibility index (Phi) is 3.66. The fourth-order valence-electron chi connectivity index (χ4n) is 2.46. The van der Waals surface area contributed by atoms with Crippen LogP contribution in [-0.4, -0.2) is 23.2 Å². The molecule has 0 saturated carbocycles. The Labute approximate surface area is 120 Å². The van der Waals surface area contributed by atoms with Gasteiger partial charge in [0.25, 0.3) is 0 Å². The van der Waals surface area contributed by atoms with Crippen LogP contribution in [0.25, 0.3) is 0 Å². The molecule has 1 saturated heterocycles. The van der Waals surface area contributed by atoms with E-state index in [2.05, 4.69) is 50.4 Å². The van der Waals surface area contributed by atoms with E-state index in [9.17, 15) is 0 Å². The average molecular weight is 322 g/mol. The van der Waals surface area contributed by atoms with Gasteiger partial charge in [-0.1, -0.05) is 40.1 Å². The summed E-state index contributed by atoms with van der Waals surface area (Å²) in [4.78, 5) is 4.53. The Bertz CT molecular complexity index is 569. The molecule has 2 aromatic rings. The Morgan fingerprint density at radius 3 is 3.05 bits per heavy atom. The second kappa shape index (κ2) is 5.43. The molecule has 19 heavy (non-hydrogen) atoms. The lowest BCUT2D eigenvalue weighted by molar-refractivity contribution is 0.337. The van der Waals surface area contributed by atoms with E-state index in [0.717, 1.165) is 29.3 Å². The second-order valence-electron chi connectivity index (χ2n) is 5.10. The Hall–Kier alpha value is -1.20. The minimum Gasteiger partial charge on any atom is -0.339 e. The third-order valence-electron chi connectivity index (χ3n) is 3.57. The standard InChI is InChI=1S/C14H16BrN3O/c1-9-7-16-8-12(9)14-17-13(18-19-14)6-10-3-2-4-11(15)5-10/h2-5,9,12,16H,6-8H2,1H3/t9-,12-/m1/s1. The molecule has 0 unspecified atom stereocenters. The molecule has 2 atom stereocenters. The first-order chi connectivity index (χ1) is 9.22. The van der Waals surface area contributed by atoms with Crippen molar-refractivity contribution in [3.05, 3.63) is 46.0 Å². The monoisotopic (exact) mass is 321 g/mol. The van der Waals surface area contributed by atoms with E-state index in [1.54, 1.807) is 0 Å². The number of hydrogen-bond acceptors (Lipinski definition) is 4. The van der Waals surface area contributed by atoms with E-state index >= 15 is 0 Å². The molecule has 5 heteroatoms. The highest BCUT2D eigenvalue weighted by Gasteiger charge is 2.29. The SMILES string of the molecule is C[C@@H]1CNC[C@H]1c1nc(Cc2cccc(Br)c2)no1. The molecule has 1 aromatic carbocycles. The van der Waals surface area contributed by atoms with Crippen LogP contribution >= 0.6 is 15.9 Å². The quantitative estimate of drug-likeness (QED) is 0.944. The van der Waals surface area contributed by atoms with Gasteiger partial charge in [-0.05, 0) is 30.2 Å². The maximum absolute atomic E-state index is 5.41. The highest BCUT2D eigenvalue weighted by Crippen LogP contribution is 2.26. The Morgan fingerprint density at radius 1 is 1.42 bits per heavy atom. The zero-order chi connectivity index (χ0) is 13.2. The molecular formula is C14H16BrN3O. The van der Waals surface area contributed by atoms with Gasteiger partial charge >= 0.3 is 0 Å². The van der Waals surface area contributed by atoms with Crippen LogP contribution in [0, 0.1) is 5.92 Å². The highest BCUT2D eigenvalue weighted by atomic mass is 79.9. The lowest BCUT2D eigenvalue weighted by atomic mass is 9.98. The first kappa shape index (κ1) is 12.8. The third-order valence-corrected chi connectivity index (χ3v) is 4.06. The van der Waals surface area contributed by atoms with Crippen LogP contribution < -0.4 is 5.32 Å². The molecule has 0 aliphatic carbocycles. The lowest BCUT2D eigenvalue weighted by Gasteiger charge is -2.07. The van der Waals surface area contributed by atoms with Crippen molar-refractivity contribution in [3.63, 3.8) is 0 Å². The van der Waals surface area contributed by atoms with E-state index in [1.807, 2.05) is 12.1 Å². The van der Waals surface area contributed by atoms with Crippen molar-refractivity contribution in [2.75, 3.05) is 13.1 Å². The predicted octanol–water partition coefficient (Wildman–Crippen LogP) is 2.75. The number of aromatic nitrogens is 2. The van der Waals surface area contributed by atoms with Crippen LogP contribution in [0.15, 0.2) is 33.3 Å². The van der Waals surface area contributed by atoms with Crippen molar-refractivity contribution in [3.8, 4) is 0 Å². The molecule has 1 fully saturated rings. The smallest absolute Gasteiger partial charge is 0.231 e. The summed E-state index contributed by atoms with van der Waals surface area (Å²) in [6.45, 7) is 4.16. The van der Waals surface area contributed by atoms with Gasteiger partial charge in [0.2, 0.25) is 5.89 Å². The first-order valence-corrected chi connectivity index (χ1v) is 7.29. The number of hydrogen-bond donors (Lipinski definition) is 1. The fraction of sp³-hybridized carbons (Fsp3) is 0.429. The zero-order valence-electron chi connectivity index (χ0n) is 10.8. The van der Waals surface area contributed by atoms with Crippen molar-refractivity contribution in [1.29, 1.82) is 0 Å². The summed E-state index contributed by atoms with van der Waals surface area (Å²) in [6, 6.07) is 8.18. The van der Waals surface area contributed by atoms with Gasteiger partial charge in [0.15, 0.2) is 5.82 Å². The summed E-state index contributed by atoms with van der Waals surface area (Å²) in [5, 5.41) is 7.44. The van der Waals surface area contributed by atoms with Gasteiger partial charge in [-0.3, -0.25) is 0 Å². The van der Waals surface area contributed by atoms with Crippen LogP contribution in [0.1, 0.15) is 30.1 Å². The summed E-state index contributed by atoms with van der Waals surface area (Å²) in [5.74, 6) is 2.43. The van der Waals surface area contributed by atoms with Gasteiger partial charge in [-0.15, -0.1) is 0 Å². The van der Waals surface area contributed by atoms with Crippen molar-refractivity contribution in [2.24, 2.45) is 5.92 Å². The lowest BCUT2D eigenvalue weighted by Crippen LogP contribution is -2.08. The van der Waals surface area contributed by atoms with Crippen molar-refractivity contribution in [2.45, 2.75) is 19.3 Å². The van der Waals surface area contributed by atoms with Gasteiger partial charge < -0.3 is 9.84 Å². The predicted molar refractivity (Wildman–Crippen MR) is 76.0 cm³/mol. The Morgan fingerprint density at radius 2 is 2.32 bits per heavy atom. The van der Waals surface area contributed by atoms with Gasteiger partial charge in [0, 0.05) is 17.4 Å². The fourth-order valence-corrected chi connectivity index (χ4v) is 2.91. The summed E-state index contributed by atoms with van der Waals surface area (Å²) in [5.41, 5.74) is 1.18. The maximum Gasteiger partial charge on any atom is 0.231 e. The van der Waals surface area contributed by atoms with Crippen LogP contribution in [0.3, 0.4) is 0 Å². The van der Waals surface area contributed by atoms with E-state index in [-0.39, 0.29) is 0 Å². The molecular weight excluding hydrogens is 306 g/mol. The van der Waals surface area contributed by atoms with Crippen LogP contribution in [0.4, 0.5) is 0 Å². The van der Waals surface area contributed by atoms with E-state index < -0.39 is 0 Å². The molecule has 0 amide bonds. The summed E-state index contributed by atoms with van der Waals surface area (Å²) in [7, 11) is 0. The topological polar surface area (TPSA) is 51.0 Å². The van der Waals surface area contributed by atoms with Gasteiger partial charge in [-0.2, -0.15) is 4.98 Å². The maximum atomic E-state index is 5.41. The van der Waals surface area contributed by atoms with Crippen molar-refractivity contribution in [1.82, 2.24) is 15.5 Å². The van der Waals surface area contributed by atoms with Crippen LogP contribution in [0.2, 0.25) is 0 Å². The minimum absolute atomic E-state index is 0.351. The number of nitrogens with one attached hydrogen (secondary N) is 1. The third kappa shape index (κ3) is 2.87. The minimum atomic E-state index is 0.351. The zero-order valence-corrected chi connectivity index (χ0v) is 12.4. The summed E-state index contributed by atoms with van der Waals surface area (Å²) >= 11 is 3.47. The number of benzene rings is 1. The highest BCUT2D eigenvalue weighted by molar-refractivity contribution is 9.10. The second-order valence-corrected chi connectivity index (χ2v) is 6.01.